The number of unbranched alkanes of at least 4 members (excludes halogenated alkanes) is 1. The first kappa shape index (κ1) is 12.5. The van der Waals surface area contributed by atoms with Crippen LogP contribution in [0.3, 0.4) is 0 Å². The van der Waals surface area contributed by atoms with E-state index in [1.165, 1.54) is 12.8 Å². The third kappa shape index (κ3) is 4.62. The Bertz CT molecular complexity index is 281. The average molecular weight is 273 g/mol. The number of nitrogens with zero attached hydrogens (tertiary/aromatic N) is 1. The van der Waals surface area contributed by atoms with Crippen LogP contribution in [0.4, 0.5) is 0 Å². The minimum absolute atomic E-state index is 0.713. The highest BCUT2D eigenvalue weighted by Crippen LogP contribution is 2.12. The summed E-state index contributed by atoms with van der Waals surface area (Å²) < 4.78 is 5.16. The third-order valence-corrected chi connectivity index (χ3v) is 2.66. The molecule has 1 rings (SSSR count). The van der Waals surface area contributed by atoms with Crippen LogP contribution in [0.15, 0.2) is 18.3 Å². The van der Waals surface area contributed by atoms with Gasteiger partial charge in [-0.25, -0.2) is 4.98 Å². The first-order valence-electron chi connectivity index (χ1n) is 5.13. The maximum Gasteiger partial charge on any atom is 0.217 e. The van der Waals surface area contributed by atoms with Gasteiger partial charge in [-0.15, -0.1) is 0 Å². The van der Waals surface area contributed by atoms with E-state index in [2.05, 4.69) is 26.2 Å². The summed E-state index contributed by atoms with van der Waals surface area (Å²) in [6.07, 6.45) is 4.14. The lowest BCUT2D eigenvalue weighted by atomic mass is 10.2. The predicted molar refractivity (Wildman–Crippen MR) is 65.5 cm³/mol. The zero-order chi connectivity index (χ0) is 10.9. The van der Waals surface area contributed by atoms with Crippen LogP contribution in [-0.2, 0) is 6.54 Å². The average Bonchev–Trinajstić information content (AvgIpc) is 2.29. The minimum Gasteiger partial charge on any atom is -0.481 e. The van der Waals surface area contributed by atoms with E-state index in [0.717, 1.165) is 24.0 Å². The molecule has 0 saturated carbocycles. The van der Waals surface area contributed by atoms with Crippen LogP contribution < -0.4 is 10.1 Å². The lowest BCUT2D eigenvalue weighted by Crippen LogP contribution is -2.15. The fraction of sp³-hybridized carbons (Fsp3) is 0.545. The topological polar surface area (TPSA) is 34.1 Å². The molecule has 0 aliphatic rings. The number of aromatic nitrogens is 1. The van der Waals surface area contributed by atoms with E-state index >= 15 is 0 Å². The molecule has 0 bridgehead atoms. The van der Waals surface area contributed by atoms with E-state index in [1.807, 2.05) is 12.1 Å². The molecule has 1 N–H and O–H groups in total. The highest BCUT2D eigenvalue weighted by molar-refractivity contribution is 9.09. The summed E-state index contributed by atoms with van der Waals surface area (Å²) in [5.74, 6) is 0.713. The predicted octanol–water partition coefficient (Wildman–Crippen LogP) is 2.35. The summed E-state index contributed by atoms with van der Waals surface area (Å²) >= 11 is 3.41. The molecule has 1 aromatic heterocycles. The highest BCUT2D eigenvalue weighted by atomic mass is 79.9. The molecule has 0 aromatic carbocycles. The molecule has 0 saturated heterocycles. The van der Waals surface area contributed by atoms with Crippen molar-refractivity contribution in [1.29, 1.82) is 0 Å². The molecule has 0 aliphatic heterocycles. The summed E-state index contributed by atoms with van der Waals surface area (Å²) in [7, 11) is 1.65. The van der Waals surface area contributed by atoms with E-state index in [9.17, 15) is 0 Å². The molecular formula is C11H17BrN2O. The Hall–Kier alpha value is -0.610. The summed E-state index contributed by atoms with van der Waals surface area (Å²) in [5, 5.41) is 4.44. The molecular weight excluding hydrogens is 256 g/mol. The highest BCUT2D eigenvalue weighted by Gasteiger charge is 2.01. The van der Waals surface area contributed by atoms with E-state index in [-0.39, 0.29) is 0 Å². The van der Waals surface area contributed by atoms with E-state index in [4.69, 9.17) is 4.74 Å². The smallest absolute Gasteiger partial charge is 0.217 e. The molecule has 0 radical (unpaired) electrons. The summed E-state index contributed by atoms with van der Waals surface area (Å²) in [6, 6.07) is 3.96. The van der Waals surface area contributed by atoms with Crippen LogP contribution in [0.5, 0.6) is 5.88 Å². The van der Waals surface area contributed by atoms with Crippen LogP contribution in [0.2, 0.25) is 0 Å². The van der Waals surface area contributed by atoms with Crippen molar-refractivity contribution in [3.8, 4) is 5.88 Å². The summed E-state index contributed by atoms with van der Waals surface area (Å²) in [5.41, 5.74) is 1.11. The maximum atomic E-state index is 5.16. The molecule has 0 amide bonds. The van der Waals surface area contributed by atoms with Gasteiger partial charge in [0, 0.05) is 23.6 Å². The van der Waals surface area contributed by atoms with Gasteiger partial charge in [0.05, 0.1) is 7.11 Å². The summed E-state index contributed by atoms with van der Waals surface area (Å²) in [4.78, 5) is 4.14. The summed E-state index contributed by atoms with van der Waals surface area (Å²) in [6.45, 7) is 1.85. The lowest BCUT2D eigenvalue weighted by Gasteiger charge is -2.07. The van der Waals surface area contributed by atoms with Gasteiger partial charge >= 0.3 is 0 Å². The number of nitrogens with one attached hydrogen (secondary N) is 1. The van der Waals surface area contributed by atoms with Crippen LogP contribution >= 0.6 is 15.9 Å². The van der Waals surface area contributed by atoms with Gasteiger partial charge in [-0.2, -0.15) is 0 Å². The molecule has 15 heavy (non-hydrogen) atoms. The molecule has 0 fully saturated rings. The quantitative estimate of drug-likeness (QED) is 0.611. The second kappa shape index (κ2) is 7.65. The fourth-order valence-electron chi connectivity index (χ4n) is 1.31. The van der Waals surface area contributed by atoms with Crippen molar-refractivity contribution in [3.05, 3.63) is 23.9 Å². The van der Waals surface area contributed by atoms with Crippen molar-refractivity contribution >= 4 is 15.9 Å². The normalized spacial score (nSPS) is 10.3. The largest absolute Gasteiger partial charge is 0.481 e. The number of alkyl halides is 1. The molecule has 84 valence electrons. The van der Waals surface area contributed by atoms with Gasteiger partial charge in [0.2, 0.25) is 5.88 Å². The number of hydrogen-bond donors (Lipinski definition) is 1. The van der Waals surface area contributed by atoms with E-state index < -0.39 is 0 Å². The Balaban J connectivity index is 2.30. The number of halogens is 1. The number of hydrogen-bond acceptors (Lipinski definition) is 3. The van der Waals surface area contributed by atoms with Crippen molar-refractivity contribution in [2.75, 3.05) is 19.0 Å². The van der Waals surface area contributed by atoms with Crippen LogP contribution in [0.25, 0.3) is 0 Å². The Morgan fingerprint density at radius 2 is 2.33 bits per heavy atom. The Labute approximate surface area is 99.4 Å². The zero-order valence-corrected chi connectivity index (χ0v) is 10.6. The van der Waals surface area contributed by atoms with E-state index in [1.54, 1.807) is 13.3 Å². The van der Waals surface area contributed by atoms with Gasteiger partial charge in [-0.3, -0.25) is 0 Å². The van der Waals surface area contributed by atoms with Crippen molar-refractivity contribution in [3.63, 3.8) is 0 Å². The van der Waals surface area contributed by atoms with Crippen molar-refractivity contribution in [2.24, 2.45) is 0 Å². The van der Waals surface area contributed by atoms with Crippen LogP contribution in [0.1, 0.15) is 18.4 Å². The second-order valence-electron chi connectivity index (χ2n) is 3.24. The van der Waals surface area contributed by atoms with Gasteiger partial charge in [0.1, 0.15) is 0 Å². The van der Waals surface area contributed by atoms with E-state index in [0.29, 0.717) is 5.88 Å². The number of ether oxygens (including phenoxy) is 1. The van der Waals surface area contributed by atoms with Gasteiger partial charge in [-0.05, 0) is 25.5 Å². The Morgan fingerprint density at radius 3 is 3.07 bits per heavy atom. The Kier molecular flexibility index (Phi) is 6.36. The molecule has 1 heterocycles. The van der Waals surface area contributed by atoms with Crippen LogP contribution in [-0.4, -0.2) is 24.0 Å². The minimum atomic E-state index is 0.713. The van der Waals surface area contributed by atoms with Gasteiger partial charge in [-0.1, -0.05) is 22.0 Å². The monoisotopic (exact) mass is 272 g/mol. The molecule has 0 aliphatic carbocycles. The number of rotatable bonds is 7. The van der Waals surface area contributed by atoms with Crippen LogP contribution in [0, 0.1) is 0 Å². The third-order valence-electron chi connectivity index (χ3n) is 2.10. The molecule has 4 heteroatoms. The van der Waals surface area contributed by atoms with Crippen molar-refractivity contribution in [2.45, 2.75) is 19.4 Å². The van der Waals surface area contributed by atoms with Gasteiger partial charge in [0.15, 0.2) is 0 Å². The molecule has 0 atom stereocenters. The second-order valence-corrected chi connectivity index (χ2v) is 4.04. The van der Waals surface area contributed by atoms with Crippen molar-refractivity contribution < 1.29 is 4.74 Å². The maximum absolute atomic E-state index is 5.16. The number of methoxy groups -OCH3 is 1. The zero-order valence-electron chi connectivity index (χ0n) is 9.00. The first-order chi connectivity index (χ1) is 7.38. The van der Waals surface area contributed by atoms with Gasteiger partial charge in [0.25, 0.3) is 0 Å². The molecule has 3 nitrogen and oxygen atoms in total. The number of pyridine rings is 1. The SMILES string of the molecule is COc1ncccc1CNCCCCBr. The van der Waals surface area contributed by atoms with Crippen molar-refractivity contribution in [1.82, 2.24) is 10.3 Å². The molecule has 0 unspecified atom stereocenters. The fourth-order valence-corrected chi connectivity index (χ4v) is 1.71. The molecule has 1 aromatic rings. The first-order valence-corrected chi connectivity index (χ1v) is 6.25. The standard InChI is InChI=1S/C11H17BrN2O/c1-15-11-10(5-4-8-14-11)9-13-7-3-2-6-12/h4-5,8,13H,2-3,6-7,9H2,1H3. The Morgan fingerprint density at radius 1 is 1.47 bits per heavy atom. The lowest BCUT2D eigenvalue weighted by molar-refractivity contribution is 0.390. The van der Waals surface area contributed by atoms with Gasteiger partial charge < -0.3 is 10.1 Å². The molecule has 0 spiro atoms.